The van der Waals surface area contributed by atoms with E-state index in [9.17, 15) is 14.7 Å². The number of aliphatic hydroxyl groups is 1. The number of hydrogen-bond acceptors (Lipinski definition) is 6. The van der Waals surface area contributed by atoms with E-state index in [1.165, 1.54) is 4.90 Å². The number of ether oxygens (including phenoxy) is 3. The maximum absolute atomic E-state index is 13.5. The van der Waals surface area contributed by atoms with Crippen molar-refractivity contribution in [3.63, 3.8) is 0 Å². The van der Waals surface area contributed by atoms with Crippen LogP contribution in [-0.2, 0) is 22.6 Å². The van der Waals surface area contributed by atoms with Crippen molar-refractivity contribution >= 4 is 17.4 Å². The van der Waals surface area contributed by atoms with Crippen LogP contribution < -0.4 is 14.2 Å². The highest BCUT2D eigenvalue weighted by Gasteiger charge is 2.46. The van der Waals surface area contributed by atoms with Crippen LogP contribution in [0.5, 0.6) is 17.2 Å². The van der Waals surface area contributed by atoms with Gasteiger partial charge in [0.2, 0.25) is 0 Å². The minimum atomic E-state index is -0.817. The molecule has 1 atom stereocenters. The van der Waals surface area contributed by atoms with E-state index >= 15 is 0 Å². The average Bonchev–Trinajstić information content (AvgIpc) is 3.17. The van der Waals surface area contributed by atoms with Crippen molar-refractivity contribution in [2.24, 2.45) is 0 Å². The quantitative estimate of drug-likeness (QED) is 0.258. The molecule has 7 heteroatoms. The Morgan fingerprint density at radius 1 is 1.08 bits per heavy atom. The number of fused-ring (bicyclic) bond motifs is 1. The number of nitrogens with zero attached hydrogens (tertiary/aromatic N) is 1. The monoisotopic (exact) mass is 513 g/mol. The molecule has 3 aromatic carbocycles. The third kappa shape index (κ3) is 4.84. The van der Waals surface area contributed by atoms with E-state index in [1.54, 1.807) is 19.2 Å². The van der Waals surface area contributed by atoms with Gasteiger partial charge in [0.15, 0.2) is 0 Å². The molecule has 196 valence electrons. The van der Waals surface area contributed by atoms with Crippen molar-refractivity contribution in [2.45, 2.75) is 45.4 Å². The predicted octanol–water partition coefficient (Wildman–Crippen LogP) is 5.43. The Labute approximate surface area is 222 Å². The molecule has 0 spiro atoms. The van der Waals surface area contributed by atoms with Gasteiger partial charge in [-0.25, -0.2) is 0 Å². The van der Waals surface area contributed by atoms with E-state index < -0.39 is 17.7 Å². The molecule has 38 heavy (non-hydrogen) atoms. The van der Waals surface area contributed by atoms with Crippen LogP contribution in [0, 0.1) is 0 Å². The number of aliphatic hydroxyl groups excluding tert-OH is 1. The summed E-state index contributed by atoms with van der Waals surface area (Å²) in [6.45, 7) is 4.64. The van der Waals surface area contributed by atoms with E-state index in [2.05, 4.69) is 0 Å². The Morgan fingerprint density at radius 2 is 1.89 bits per heavy atom. The Kier molecular flexibility index (Phi) is 7.09. The summed E-state index contributed by atoms with van der Waals surface area (Å²) >= 11 is 0. The lowest BCUT2D eigenvalue weighted by Crippen LogP contribution is -2.29. The van der Waals surface area contributed by atoms with Crippen LogP contribution in [-0.4, -0.2) is 41.5 Å². The first kappa shape index (κ1) is 25.4. The molecule has 1 fully saturated rings. The fraction of sp³-hybridized carbons (Fsp3) is 0.290. The highest BCUT2D eigenvalue weighted by Crippen LogP contribution is 2.42. The molecule has 2 aliphatic rings. The lowest BCUT2D eigenvalue weighted by atomic mass is 9.93. The van der Waals surface area contributed by atoms with Gasteiger partial charge in [-0.1, -0.05) is 30.3 Å². The molecule has 1 unspecified atom stereocenters. The van der Waals surface area contributed by atoms with Crippen LogP contribution in [0.4, 0.5) is 0 Å². The van der Waals surface area contributed by atoms with Gasteiger partial charge in [-0.05, 0) is 74.2 Å². The number of benzene rings is 3. The zero-order chi connectivity index (χ0) is 26.8. The number of rotatable bonds is 7. The molecule has 2 heterocycles. The molecular weight excluding hydrogens is 482 g/mol. The first-order chi connectivity index (χ1) is 18.4. The molecule has 5 rings (SSSR count). The van der Waals surface area contributed by atoms with Crippen molar-refractivity contribution < 1.29 is 28.9 Å². The van der Waals surface area contributed by atoms with Gasteiger partial charge in [0.05, 0.1) is 38.0 Å². The van der Waals surface area contributed by atoms with E-state index in [0.717, 1.165) is 29.7 Å². The van der Waals surface area contributed by atoms with Gasteiger partial charge in [0.25, 0.3) is 11.7 Å². The van der Waals surface area contributed by atoms with Crippen molar-refractivity contribution in [1.29, 1.82) is 0 Å². The van der Waals surface area contributed by atoms with Gasteiger partial charge in [-0.15, -0.1) is 0 Å². The van der Waals surface area contributed by atoms with Crippen molar-refractivity contribution in [3.05, 3.63) is 94.6 Å². The van der Waals surface area contributed by atoms with Crippen LogP contribution in [0.2, 0.25) is 0 Å². The number of likely N-dealkylation sites (tertiary alicyclic amines) is 1. The van der Waals surface area contributed by atoms with Gasteiger partial charge in [-0.2, -0.15) is 0 Å². The van der Waals surface area contributed by atoms with Crippen LogP contribution in [0.1, 0.15) is 48.6 Å². The number of ketones is 1. The molecule has 0 aromatic heterocycles. The van der Waals surface area contributed by atoms with E-state index in [4.69, 9.17) is 14.2 Å². The topological polar surface area (TPSA) is 85.3 Å². The molecule has 1 amide bonds. The second-order valence-electron chi connectivity index (χ2n) is 9.75. The summed E-state index contributed by atoms with van der Waals surface area (Å²) in [5, 5.41) is 11.5. The van der Waals surface area contributed by atoms with Crippen molar-refractivity contribution in [3.8, 4) is 17.2 Å². The highest BCUT2D eigenvalue weighted by atomic mass is 16.5. The normalized spacial score (nSPS) is 18.3. The van der Waals surface area contributed by atoms with Gasteiger partial charge in [0.1, 0.15) is 23.0 Å². The largest absolute Gasteiger partial charge is 0.507 e. The van der Waals surface area contributed by atoms with Crippen molar-refractivity contribution in [2.75, 3.05) is 13.7 Å². The number of amides is 1. The summed E-state index contributed by atoms with van der Waals surface area (Å²) in [7, 11) is 1.57. The molecule has 0 aliphatic carbocycles. The van der Waals surface area contributed by atoms with Gasteiger partial charge >= 0.3 is 0 Å². The van der Waals surface area contributed by atoms with E-state index in [0.29, 0.717) is 29.2 Å². The maximum Gasteiger partial charge on any atom is 0.295 e. The first-order valence-corrected chi connectivity index (χ1v) is 12.8. The van der Waals surface area contributed by atoms with Crippen LogP contribution in [0.25, 0.3) is 5.76 Å². The number of hydrogen-bond donors (Lipinski definition) is 1. The second kappa shape index (κ2) is 10.6. The van der Waals surface area contributed by atoms with E-state index in [1.807, 2.05) is 68.4 Å². The fourth-order valence-corrected chi connectivity index (χ4v) is 5.10. The third-order valence-electron chi connectivity index (χ3n) is 6.80. The highest BCUT2D eigenvalue weighted by molar-refractivity contribution is 6.46. The Balaban J connectivity index is 1.64. The molecule has 7 nitrogen and oxygen atoms in total. The Hall–Kier alpha value is -4.26. The maximum atomic E-state index is 13.5. The number of para-hydroxylation sites is 1. The summed E-state index contributed by atoms with van der Waals surface area (Å²) in [5.41, 5.74) is 2.90. The molecular formula is C31H31NO6. The molecule has 1 N–H and O–H groups in total. The minimum absolute atomic E-state index is 0.0447. The smallest absolute Gasteiger partial charge is 0.295 e. The number of aryl methyl sites for hydroxylation is 1. The molecule has 0 radical (unpaired) electrons. The zero-order valence-corrected chi connectivity index (χ0v) is 21.8. The average molecular weight is 514 g/mol. The Morgan fingerprint density at radius 3 is 2.68 bits per heavy atom. The summed E-state index contributed by atoms with van der Waals surface area (Å²) in [6, 6.07) is 19.2. The van der Waals surface area contributed by atoms with Gasteiger partial charge in [0, 0.05) is 11.1 Å². The molecule has 1 saturated heterocycles. The lowest BCUT2D eigenvalue weighted by molar-refractivity contribution is -0.140. The molecule has 0 saturated carbocycles. The molecule has 2 aliphatic heterocycles. The molecule has 3 aromatic rings. The summed E-state index contributed by atoms with van der Waals surface area (Å²) in [6.07, 6.45) is 1.64. The van der Waals surface area contributed by atoms with Gasteiger partial charge in [-0.3, -0.25) is 9.59 Å². The van der Waals surface area contributed by atoms with Crippen LogP contribution in [0.15, 0.2) is 72.3 Å². The number of Topliss-reactive ketones (excluding diaryl/α,β-unsaturated/α-hetero) is 1. The zero-order valence-electron chi connectivity index (χ0n) is 21.8. The number of methoxy groups -OCH3 is 1. The van der Waals surface area contributed by atoms with Crippen molar-refractivity contribution in [1.82, 2.24) is 4.90 Å². The summed E-state index contributed by atoms with van der Waals surface area (Å²) < 4.78 is 17.1. The van der Waals surface area contributed by atoms with Crippen LogP contribution in [0.3, 0.4) is 0 Å². The predicted molar refractivity (Wildman–Crippen MR) is 143 cm³/mol. The summed E-state index contributed by atoms with van der Waals surface area (Å²) in [5.74, 6) is 0.385. The van der Waals surface area contributed by atoms with Gasteiger partial charge < -0.3 is 24.2 Å². The number of carbonyl (C=O) groups is 2. The fourth-order valence-electron chi connectivity index (χ4n) is 5.10. The second-order valence-corrected chi connectivity index (χ2v) is 9.75. The first-order valence-electron chi connectivity index (χ1n) is 12.8. The number of carbonyl (C=O) groups excluding carboxylic acids is 2. The Bertz CT molecular complexity index is 1410. The molecule has 0 bridgehead atoms. The third-order valence-corrected chi connectivity index (χ3v) is 6.80. The SMILES string of the molecule is COc1ccccc1CN1C(=O)C(=O)/C(=C(\O)c2ccc3c(c2)CCCO3)C1c1cccc(OC(C)C)c1. The summed E-state index contributed by atoms with van der Waals surface area (Å²) in [4.78, 5) is 28.5. The lowest BCUT2D eigenvalue weighted by Gasteiger charge is -2.26. The minimum Gasteiger partial charge on any atom is -0.507 e. The van der Waals surface area contributed by atoms with Crippen LogP contribution >= 0.6 is 0 Å². The van der Waals surface area contributed by atoms with E-state index in [-0.39, 0.29) is 24.0 Å². The standard InChI is InChI=1S/C31H31NO6/c1-19(2)38-24-11-6-9-21(17-24)28-27(29(33)22-13-14-26-20(16-22)10-7-15-37-26)30(34)31(35)32(28)18-23-8-4-5-12-25(23)36-3/h4-6,8-9,11-14,16-17,19,28,33H,7,10,15,18H2,1-3H3/b29-27-.